The Morgan fingerprint density at radius 3 is 2.28 bits per heavy atom. The number of imide groups is 2. The third-order valence-electron chi connectivity index (χ3n) is 4.34. The molecule has 0 aliphatic carbocycles. The highest BCUT2D eigenvalue weighted by atomic mass is 32.2. The van der Waals surface area contributed by atoms with E-state index in [2.05, 4.69) is 0 Å². The van der Waals surface area contributed by atoms with E-state index in [1.807, 2.05) is 0 Å². The third kappa shape index (κ3) is 4.46. The van der Waals surface area contributed by atoms with Crippen LogP contribution in [0.3, 0.4) is 0 Å². The highest BCUT2D eigenvalue weighted by molar-refractivity contribution is 7.80. The van der Waals surface area contributed by atoms with E-state index in [1.165, 1.54) is 12.2 Å². The molecule has 1 saturated heterocycles. The van der Waals surface area contributed by atoms with Crippen molar-refractivity contribution in [2.45, 2.75) is 30.9 Å². The van der Waals surface area contributed by atoms with Crippen LogP contribution in [0.2, 0.25) is 0 Å². The summed E-state index contributed by atoms with van der Waals surface area (Å²) in [5, 5.41) is -1.33. The smallest absolute Gasteiger partial charge is 0.333 e. The minimum absolute atomic E-state index is 0.100. The summed E-state index contributed by atoms with van der Waals surface area (Å²) < 4.78 is 21.8. The molecule has 0 bridgehead atoms. The van der Waals surface area contributed by atoms with Gasteiger partial charge in [-0.1, -0.05) is 12.1 Å². The lowest BCUT2D eigenvalue weighted by atomic mass is 10.1. The van der Waals surface area contributed by atoms with Crippen LogP contribution in [0.1, 0.15) is 24.8 Å². The molecule has 11 heteroatoms. The molecule has 4 amide bonds. The standard InChI is InChI=1S/C18H16N2O8S/c21-14-8-9-15(22)19(14)12-6-4-11(5-7-12)2-1-3-17(24)28-20-16(23)10-13(18(20)25)29(26)27/h4-9,13H,1-3,10H2,(H,26,27)/p-1. The van der Waals surface area contributed by atoms with Crippen LogP contribution in [0.15, 0.2) is 36.4 Å². The quantitative estimate of drug-likeness (QED) is 0.441. The predicted molar refractivity (Wildman–Crippen MR) is 96.3 cm³/mol. The summed E-state index contributed by atoms with van der Waals surface area (Å²) in [6.45, 7) is 0. The first-order valence-corrected chi connectivity index (χ1v) is 9.72. The van der Waals surface area contributed by atoms with Crippen LogP contribution in [-0.4, -0.2) is 48.7 Å². The zero-order chi connectivity index (χ0) is 21.1. The van der Waals surface area contributed by atoms with Gasteiger partial charge < -0.3 is 9.39 Å². The topological polar surface area (TPSA) is 141 Å². The fourth-order valence-electron chi connectivity index (χ4n) is 2.88. The van der Waals surface area contributed by atoms with Crippen LogP contribution in [0.5, 0.6) is 0 Å². The average Bonchev–Trinajstić information content (AvgIpc) is 3.15. The number of hydrogen-bond donors (Lipinski definition) is 0. The maximum absolute atomic E-state index is 11.8. The van der Waals surface area contributed by atoms with Crippen molar-refractivity contribution in [3.63, 3.8) is 0 Å². The zero-order valence-corrected chi connectivity index (χ0v) is 15.8. The molecule has 0 aromatic heterocycles. The van der Waals surface area contributed by atoms with Crippen molar-refractivity contribution < 1.29 is 37.6 Å². The largest absolute Gasteiger partial charge is 0.772 e. The Kier molecular flexibility index (Phi) is 5.99. The van der Waals surface area contributed by atoms with Crippen molar-refractivity contribution in [1.82, 2.24) is 5.06 Å². The van der Waals surface area contributed by atoms with E-state index in [0.717, 1.165) is 10.5 Å². The molecule has 0 N–H and O–H groups in total. The van der Waals surface area contributed by atoms with Crippen LogP contribution < -0.4 is 4.90 Å². The van der Waals surface area contributed by atoms with Crippen LogP contribution >= 0.6 is 0 Å². The molecule has 2 heterocycles. The van der Waals surface area contributed by atoms with E-state index in [0.29, 0.717) is 18.5 Å². The Morgan fingerprint density at radius 2 is 1.72 bits per heavy atom. The van der Waals surface area contributed by atoms with Crippen LogP contribution in [0.25, 0.3) is 0 Å². The van der Waals surface area contributed by atoms with Gasteiger partial charge in [-0.25, -0.2) is 9.69 Å². The Balaban J connectivity index is 1.48. The molecule has 2 aliphatic heterocycles. The van der Waals surface area contributed by atoms with Crippen molar-refractivity contribution in [2.24, 2.45) is 0 Å². The molecule has 1 aromatic rings. The van der Waals surface area contributed by atoms with Gasteiger partial charge >= 0.3 is 5.97 Å². The number of anilines is 1. The first-order valence-electron chi connectivity index (χ1n) is 8.58. The van der Waals surface area contributed by atoms with Gasteiger partial charge in [0.2, 0.25) is 0 Å². The second kappa shape index (κ2) is 8.45. The number of nitrogens with zero attached hydrogens (tertiary/aromatic N) is 2. The van der Waals surface area contributed by atoms with Gasteiger partial charge in [-0.3, -0.25) is 23.4 Å². The van der Waals surface area contributed by atoms with Gasteiger partial charge in [0.25, 0.3) is 23.6 Å². The first kappa shape index (κ1) is 20.6. The predicted octanol–water partition coefficient (Wildman–Crippen LogP) is -0.0965. The highest BCUT2D eigenvalue weighted by Crippen LogP contribution is 2.21. The number of aryl methyl sites for hydroxylation is 1. The molecule has 2 unspecified atom stereocenters. The number of benzene rings is 1. The molecule has 3 rings (SSSR count). The molecule has 0 saturated carbocycles. The van der Waals surface area contributed by atoms with Crippen molar-refractivity contribution in [2.75, 3.05) is 4.90 Å². The molecule has 152 valence electrons. The van der Waals surface area contributed by atoms with Crippen molar-refractivity contribution in [3.8, 4) is 0 Å². The second-order valence-corrected chi connectivity index (χ2v) is 7.40. The van der Waals surface area contributed by atoms with E-state index in [-0.39, 0.29) is 11.5 Å². The Morgan fingerprint density at radius 1 is 1.10 bits per heavy atom. The van der Waals surface area contributed by atoms with E-state index in [1.54, 1.807) is 24.3 Å². The average molecular weight is 419 g/mol. The Labute approximate surface area is 167 Å². The normalized spacial score (nSPS) is 20.0. The first-order chi connectivity index (χ1) is 13.8. The van der Waals surface area contributed by atoms with E-state index < -0.39 is 52.3 Å². The number of carbonyl (C=O) groups is 5. The number of rotatable bonds is 7. The fraction of sp³-hybridized carbons (Fsp3) is 0.278. The number of hydroxylamine groups is 2. The van der Waals surface area contributed by atoms with Crippen molar-refractivity contribution in [3.05, 3.63) is 42.0 Å². The summed E-state index contributed by atoms with van der Waals surface area (Å²) in [6, 6.07) is 6.64. The van der Waals surface area contributed by atoms with Crippen LogP contribution in [0.4, 0.5) is 5.69 Å². The zero-order valence-electron chi connectivity index (χ0n) is 14.9. The van der Waals surface area contributed by atoms with Crippen LogP contribution in [-0.2, 0) is 46.3 Å². The third-order valence-corrected chi connectivity index (χ3v) is 5.17. The summed E-state index contributed by atoms with van der Waals surface area (Å²) in [5.41, 5.74) is 1.27. The van der Waals surface area contributed by atoms with Crippen LogP contribution in [0, 0.1) is 0 Å². The Hall–Kier alpha value is -3.18. The highest BCUT2D eigenvalue weighted by Gasteiger charge is 2.42. The molecular weight excluding hydrogens is 404 g/mol. The van der Waals surface area contributed by atoms with Gasteiger partial charge in [0.1, 0.15) is 5.25 Å². The minimum Gasteiger partial charge on any atom is -0.772 e. The molecule has 0 spiro atoms. The van der Waals surface area contributed by atoms with Crippen molar-refractivity contribution >= 4 is 46.4 Å². The van der Waals surface area contributed by atoms with E-state index >= 15 is 0 Å². The molecule has 1 fully saturated rings. The van der Waals surface area contributed by atoms with Gasteiger partial charge in [-0.15, -0.1) is 5.06 Å². The maximum atomic E-state index is 11.8. The molecule has 29 heavy (non-hydrogen) atoms. The lowest BCUT2D eigenvalue weighted by Gasteiger charge is -2.15. The monoisotopic (exact) mass is 419 g/mol. The lowest BCUT2D eigenvalue weighted by Crippen LogP contribution is -2.35. The Bertz CT molecular complexity index is 922. The molecular formula is C18H15N2O8S-. The fourth-order valence-corrected chi connectivity index (χ4v) is 3.42. The molecule has 1 aromatic carbocycles. The van der Waals surface area contributed by atoms with Gasteiger partial charge in [0.05, 0.1) is 12.1 Å². The summed E-state index contributed by atoms with van der Waals surface area (Å²) in [7, 11) is 0. The number of amides is 4. The molecule has 10 nitrogen and oxygen atoms in total. The summed E-state index contributed by atoms with van der Waals surface area (Å²) in [4.78, 5) is 64.2. The molecule has 2 atom stereocenters. The summed E-state index contributed by atoms with van der Waals surface area (Å²) in [5.74, 6) is -3.62. The maximum Gasteiger partial charge on any atom is 0.333 e. The number of hydrogen-bond acceptors (Lipinski definition) is 8. The van der Waals surface area contributed by atoms with Gasteiger partial charge in [-0.05, 0) is 41.6 Å². The van der Waals surface area contributed by atoms with Crippen molar-refractivity contribution in [1.29, 1.82) is 0 Å². The van der Waals surface area contributed by atoms with E-state index in [9.17, 15) is 32.7 Å². The lowest BCUT2D eigenvalue weighted by molar-refractivity contribution is -0.197. The SMILES string of the molecule is O=C(CCCc1ccc(N2C(=O)C=CC2=O)cc1)ON1C(=O)CC(S(=O)[O-])C1=O. The summed E-state index contributed by atoms with van der Waals surface area (Å²) >= 11 is -2.77. The summed E-state index contributed by atoms with van der Waals surface area (Å²) in [6.07, 6.45) is 2.53. The van der Waals surface area contributed by atoms with Gasteiger partial charge in [-0.2, -0.15) is 0 Å². The minimum atomic E-state index is -2.77. The molecule has 0 radical (unpaired) electrons. The van der Waals surface area contributed by atoms with Gasteiger partial charge in [0.15, 0.2) is 0 Å². The van der Waals surface area contributed by atoms with E-state index in [4.69, 9.17) is 4.84 Å². The molecule has 2 aliphatic rings. The second-order valence-electron chi connectivity index (χ2n) is 6.31. The van der Waals surface area contributed by atoms with Gasteiger partial charge in [0, 0.05) is 18.6 Å². The number of carbonyl (C=O) groups excluding carboxylic acids is 5.